The summed E-state index contributed by atoms with van der Waals surface area (Å²) in [6.07, 6.45) is -0.658. The Hall–Kier alpha value is -2.89. The lowest BCUT2D eigenvalue weighted by Gasteiger charge is -2.36. The van der Waals surface area contributed by atoms with E-state index in [2.05, 4.69) is 4.98 Å². The second-order valence-corrected chi connectivity index (χ2v) is 12.4. The Balaban J connectivity index is 1.64. The number of nitrogens with zero attached hydrogens (tertiary/aromatic N) is 4. The monoisotopic (exact) mass is 592 g/mol. The SMILES string of the molecule is CO[C@H]1CSc2c(-c3cc(Cl)c(F)cc3F)c(C)cc3c(N4CCN(C(=O)OC(C)(C)C)CC4)nc(=O)n(c23)C1. The molecule has 0 aliphatic carbocycles. The van der Waals surface area contributed by atoms with Crippen LogP contribution in [0.4, 0.5) is 19.4 Å². The summed E-state index contributed by atoms with van der Waals surface area (Å²) in [5.41, 5.74) is 1.01. The number of benzene rings is 2. The van der Waals surface area contributed by atoms with Gasteiger partial charge in [0.25, 0.3) is 0 Å². The van der Waals surface area contributed by atoms with E-state index in [1.54, 1.807) is 16.6 Å². The second-order valence-electron chi connectivity index (χ2n) is 11.0. The number of aryl methyl sites for hydroxylation is 1. The molecule has 0 radical (unpaired) electrons. The highest BCUT2D eigenvalue weighted by atomic mass is 35.5. The molecule has 0 spiro atoms. The molecule has 12 heteroatoms. The second kappa shape index (κ2) is 10.8. The third-order valence-corrected chi connectivity index (χ3v) is 8.55. The Kier molecular flexibility index (Phi) is 7.75. The molecule has 1 aromatic heterocycles. The van der Waals surface area contributed by atoms with Crippen molar-refractivity contribution in [2.75, 3.05) is 43.9 Å². The fourth-order valence-corrected chi connectivity index (χ4v) is 6.65. The molecule has 40 heavy (non-hydrogen) atoms. The van der Waals surface area contributed by atoms with Crippen molar-refractivity contribution in [3.8, 4) is 11.1 Å². The molecule has 5 rings (SSSR count). The Morgan fingerprint density at radius 3 is 2.48 bits per heavy atom. The minimum atomic E-state index is -0.840. The van der Waals surface area contributed by atoms with Crippen LogP contribution in [0.3, 0.4) is 0 Å². The number of carbonyl (C=O) groups is 1. The molecule has 3 aromatic rings. The molecule has 2 aliphatic heterocycles. The summed E-state index contributed by atoms with van der Waals surface area (Å²) in [6, 6.07) is 3.95. The lowest BCUT2D eigenvalue weighted by molar-refractivity contribution is 0.0240. The average Bonchev–Trinajstić information content (AvgIpc) is 3.08. The molecule has 214 valence electrons. The third-order valence-electron chi connectivity index (χ3n) is 7.04. The van der Waals surface area contributed by atoms with Gasteiger partial charge < -0.3 is 19.3 Å². The van der Waals surface area contributed by atoms with Crippen LogP contribution >= 0.6 is 23.4 Å². The van der Waals surface area contributed by atoms with Crippen LogP contribution in [-0.2, 0) is 16.0 Å². The standard InChI is InChI=1S/C28H31ClF2N4O4S/c1-15-10-18-23-24(22(15)17-11-19(29)21(31)12-20(17)30)40-14-16(38-5)13-35(23)26(36)32-25(18)33-6-8-34(9-7-33)27(37)39-28(2,3)4/h10-12,16H,6-9,13-14H2,1-5H3/t16-/m1/s1. The molecule has 8 nitrogen and oxygen atoms in total. The van der Waals surface area contributed by atoms with Gasteiger partial charge >= 0.3 is 11.8 Å². The number of rotatable bonds is 3. The zero-order chi connectivity index (χ0) is 28.9. The maximum Gasteiger partial charge on any atom is 0.410 e. The predicted octanol–water partition coefficient (Wildman–Crippen LogP) is 5.48. The van der Waals surface area contributed by atoms with Crippen LogP contribution in [0, 0.1) is 18.6 Å². The molecule has 0 bridgehead atoms. The van der Waals surface area contributed by atoms with Crippen LogP contribution < -0.4 is 10.6 Å². The minimum absolute atomic E-state index is 0.160. The predicted molar refractivity (Wildman–Crippen MR) is 153 cm³/mol. The normalized spacial score (nSPS) is 17.8. The number of aromatic nitrogens is 2. The quantitative estimate of drug-likeness (QED) is 0.373. The van der Waals surface area contributed by atoms with Gasteiger partial charge in [-0.05, 0) is 45.4 Å². The summed E-state index contributed by atoms with van der Waals surface area (Å²) >= 11 is 7.53. The minimum Gasteiger partial charge on any atom is -0.444 e. The topological polar surface area (TPSA) is 76.9 Å². The molecule has 1 saturated heterocycles. The summed E-state index contributed by atoms with van der Waals surface area (Å²) in [4.78, 5) is 34.9. The van der Waals surface area contributed by atoms with Gasteiger partial charge in [0, 0.05) is 66.5 Å². The summed E-state index contributed by atoms with van der Waals surface area (Å²) in [7, 11) is 1.58. The van der Waals surface area contributed by atoms with Gasteiger partial charge in [-0.15, -0.1) is 11.8 Å². The molecule has 0 saturated carbocycles. The first kappa shape index (κ1) is 28.6. The molecule has 3 heterocycles. The van der Waals surface area contributed by atoms with Crippen LogP contribution in [-0.4, -0.2) is 71.3 Å². The van der Waals surface area contributed by atoms with Gasteiger partial charge in [-0.2, -0.15) is 4.98 Å². The van der Waals surface area contributed by atoms with E-state index in [1.807, 2.05) is 38.7 Å². The number of carbonyl (C=O) groups excluding carboxylic acids is 1. The van der Waals surface area contributed by atoms with Crippen molar-refractivity contribution in [3.63, 3.8) is 0 Å². The van der Waals surface area contributed by atoms with E-state index in [-0.39, 0.29) is 29.3 Å². The highest BCUT2D eigenvalue weighted by Crippen LogP contribution is 2.44. The fraction of sp³-hybridized carbons (Fsp3) is 0.464. The van der Waals surface area contributed by atoms with E-state index >= 15 is 4.39 Å². The zero-order valence-corrected chi connectivity index (χ0v) is 24.6. The largest absolute Gasteiger partial charge is 0.444 e. The number of anilines is 1. The molecule has 1 fully saturated rings. The first-order chi connectivity index (χ1) is 18.9. The van der Waals surface area contributed by atoms with Gasteiger partial charge in [-0.1, -0.05) is 11.6 Å². The van der Waals surface area contributed by atoms with Crippen LogP contribution in [0.1, 0.15) is 26.3 Å². The molecular weight excluding hydrogens is 562 g/mol. The van der Waals surface area contributed by atoms with Crippen molar-refractivity contribution in [1.29, 1.82) is 0 Å². The number of hydrogen-bond donors (Lipinski definition) is 0. The van der Waals surface area contributed by atoms with E-state index in [0.29, 0.717) is 53.7 Å². The number of ether oxygens (including phenoxy) is 2. The van der Waals surface area contributed by atoms with Crippen LogP contribution in [0.15, 0.2) is 27.9 Å². The average molecular weight is 593 g/mol. The van der Waals surface area contributed by atoms with E-state index in [0.717, 1.165) is 17.0 Å². The van der Waals surface area contributed by atoms with Crippen molar-refractivity contribution < 1.29 is 23.0 Å². The Morgan fingerprint density at radius 1 is 1.12 bits per heavy atom. The van der Waals surface area contributed by atoms with E-state index in [4.69, 9.17) is 21.1 Å². The van der Waals surface area contributed by atoms with Crippen molar-refractivity contribution in [3.05, 3.63) is 50.9 Å². The Bertz CT molecular complexity index is 1550. The highest BCUT2D eigenvalue weighted by molar-refractivity contribution is 7.99. The Morgan fingerprint density at radius 2 is 1.82 bits per heavy atom. The Labute approximate surface area is 240 Å². The van der Waals surface area contributed by atoms with E-state index in [9.17, 15) is 14.0 Å². The third kappa shape index (κ3) is 5.38. The van der Waals surface area contributed by atoms with Gasteiger partial charge in [0.1, 0.15) is 23.1 Å². The smallest absolute Gasteiger partial charge is 0.410 e. The van der Waals surface area contributed by atoms with Gasteiger partial charge in [0.05, 0.1) is 23.2 Å². The summed E-state index contributed by atoms with van der Waals surface area (Å²) < 4.78 is 41.9. The number of piperazine rings is 1. The fourth-order valence-electron chi connectivity index (χ4n) is 5.12. The van der Waals surface area contributed by atoms with Crippen molar-refractivity contribution in [1.82, 2.24) is 14.5 Å². The maximum absolute atomic E-state index is 15.2. The van der Waals surface area contributed by atoms with Crippen LogP contribution in [0.2, 0.25) is 5.02 Å². The van der Waals surface area contributed by atoms with Gasteiger partial charge in [-0.3, -0.25) is 4.57 Å². The molecule has 0 N–H and O–H groups in total. The van der Waals surface area contributed by atoms with Crippen molar-refractivity contribution in [2.45, 2.75) is 50.8 Å². The number of amides is 1. The first-order valence-corrected chi connectivity index (χ1v) is 14.4. The lowest BCUT2D eigenvalue weighted by atomic mass is 9.97. The number of hydrogen-bond acceptors (Lipinski definition) is 7. The molecule has 0 unspecified atom stereocenters. The number of methoxy groups -OCH3 is 1. The van der Waals surface area contributed by atoms with Crippen molar-refractivity contribution >= 4 is 46.2 Å². The first-order valence-electron chi connectivity index (χ1n) is 13.0. The molecular formula is C28H31ClF2N4O4S. The van der Waals surface area contributed by atoms with Gasteiger partial charge in [0.2, 0.25) is 0 Å². The zero-order valence-electron chi connectivity index (χ0n) is 23.0. The van der Waals surface area contributed by atoms with Gasteiger partial charge in [-0.25, -0.2) is 18.4 Å². The molecule has 2 aromatic carbocycles. The number of thioether (sulfide) groups is 1. The van der Waals surface area contributed by atoms with Gasteiger partial charge in [0.15, 0.2) is 0 Å². The van der Waals surface area contributed by atoms with E-state index < -0.39 is 22.9 Å². The summed E-state index contributed by atoms with van der Waals surface area (Å²) in [5.74, 6) is -0.558. The van der Waals surface area contributed by atoms with Crippen LogP contribution in [0.5, 0.6) is 0 Å². The molecule has 1 atom stereocenters. The summed E-state index contributed by atoms with van der Waals surface area (Å²) in [6.45, 7) is 9.33. The van der Waals surface area contributed by atoms with E-state index in [1.165, 1.54) is 17.8 Å². The molecule has 1 amide bonds. The maximum atomic E-state index is 15.2. The lowest BCUT2D eigenvalue weighted by Crippen LogP contribution is -2.50. The van der Waals surface area contributed by atoms with Crippen LogP contribution in [0.25, 0.3) is 22.0 Å². The van der Waals surface area contributed by atoms with Crippen molar-refractivity contribution in [2.24, 2.45) is 0 Å². The highest BCUT2D eigenvalue weighted by Gasteiger charge is 2.31. The number of halogens is 3. The molecule has 2 aliphatic rings. The summed E-state index contributed by atoms with van der Waals surface area (Å²) in [5, 5.41) is 0.548.